The van der Waals surface area contributed by atoms with Gasteiger partial charge in [-0.2, -0.15) is 0 Å². The minimum absolute atomic E-state index is 0. The predicted octanol–water partition coefficient (Wildman–Crippen LogP) is 2.89. The lowest BCUT2D eigenvalue weighted by molar-refractivity contribution is -0.119. The molecule has 128 valence electrons. The molecule has 3 rings (SSSR count). The van der Waals surface area contributed by atoms with Gasteiger partial charge in [-0.1, -0.05) is 18.2 Å². The lowest BCUT2D eigenvalue weighted by atomic mass is 9.95. The van der Waals surface area contributed by atoms with Crippen molar-refractivity contribution in [1.29, 1.82) is 0 Å². The second-order valence-electron chi connectivity index (χ2n) is 6.24. The van der Waals surface area contributed by atoms with Gasteiger partial charge in [0.2, 0.25) is 5.91 Å². The van der Waals surface area contributed by atoms with Crippen molar-refractivity contribution in [3.63, 3.8) is 0 Å². The van der Waals surface area contributed by atoms with Crippen LogP contribution in [-0.4, -0.2) is 23.6 Å². The second-order valence-corrected chi connectivity index (χ2v) is 6.24. The summed E-state index contributed by atoms with van der Waals surface area (Å²) in [5.41, 5.74) is 11.4. The smallest absolute Gasteiger partial charge is 0.244 e. The number of fused-ring (bicyclic) bond motifs is 1. The zero-order chi connectivity index (χ0) is 16.6. The normalized spacial score (nSPS) is 14.0. The first-order valence-electron chi connectivity index (χ1n) is 7.91. The molecule has 1 heterocycles. The summed E-state index contributed by atoms with van der Waals surface area (Å²) in [7, 11) is 0. The molecule has 1 aliphatic rings. The summed E-state index contributed by atoms with van der Waals surface area (Å²) in [6.45, 7) is 4.56. The molecule has 0 bridgehead atoms. The average molecular weight is 347 g/mol. The molecular weight excluding hydrogens is 324 g/mol. The molecule has 0 fully saturated rings. The Balaban J connectivity index is 0.00000208. The first-order chi connectivity index (χ1) is 11.0. The van der Waals surface area contributed by atoms with Crippen LogP contribution in [0.4, 0.5) is 5.69 Å². The molecule has 2 aromatic rings. The van der Waals surface area contributed by atoms with Crippen LogP contribution in [0.1, 0.15) is 22.3 Å². The number of phenolic OH excluding ortho intramolecular Hbond substituents is 1. The number of aromatic hydroxyl groups is 1. The van der Waals surface area contributed by atoms with E-state index in [2.05, 4.69) is 6.07 Å². The highest BCUT2D eigenvalue weighted by Gasteiger charge is 2.28. The van der Waals surface area contributed by atoms with Gasteiger partial charge in [0.25, 0.3) is 0 Å². The van der Waals surface area contributed by atoms with Crippen LogP contribution < -0.4 is 10.6 Å². The molecule has 5 heteroatoms. The molecule has 1 atom stereocenters. The highest BCUT2D eigenvalue weighted by Crippen LogP contribution is 2.28. The van der Waals surface area contributed by atoms with Gasteiger partial charge in [-0.15, -0.1) is 12.4 Å². The van der Waals surface area contributed by atoms with Crippen molar-refractivity contribution >= 4 is 24.0 Å². The van der Waals surface area contributed by atoms with Crippen LogP contribution in [0.15, 0.2) is 36.4 Å². The number of carbonyl (C=O) groups is 1. The third-order valence-electron chi connectivity index (χ3n) is 4.58. The maximum absolute atomic E-state index is 12.8. The predicted molar refractivity (Wildman–Crippen MR) is 99.0 cm³/mol. The highest BCUT2D eigenvalue weighted by atomic mass is 35.5. The molecule has 1 aliphatic heterocycles. The van der Waals surface area contributed by atoms with Crippen molar-refractivity contribution in [2.24, 2.45) is 5.73 Å². The number of amides is 1. The Bertz CT molecular complexity index is 738. The SMILES string of the molecule is Cc1cc(O)cc(C)c1C[C@H](N)C(=O)N1CCc2ccccc21.Cl. The summed E-state index contributed by atoms with van der Waals surface area (Å²) in [4.78, 5) is 14.6. The van der Waals surface area contributed by atoms with Gasteiger partial charge in [0, 0.05) is 12.2 Å². The summed E-state index contributed by atoms with van der Waals surface area (Å²) in [6.07, 6.45) is 1.36. The Morgan fingerprint density at radius 3 is 2.54 bits per heavy atom. The van der Waals surface area contributed by atoms with E-state index in [0.29, 0.717) is 13.0 Å². The van der Waals surface area contributed by atoms with Gasteiger partial charge in [0.1, 0.15) is 5.75 Å². The van der Waals surface area contributed by atoms with E-state index < -0.39 is 6.04 Å². The number of rotatable bonds is 3. The van der Waals surface area contributed by atoms with Gasteiger partial charge in [0.15, 0.2) is 0 Å². The van der Waals surface area contributed by atoms with Gasteiger partial charge in [-0.3, -0.25) is 4.79 Å². The molecule has 3 N–H and O–H groups in total. The fourth-order valence-corrected chi connectivity index (χ4v) is 3.37. The summed E-state index contributed by atoms with van der Waals surface area (Å²) in [5, 5.41) is 9.64. The number of para-hydroxylation sites is 1. The van der Waals surface area contributed by atoms with E-state index in [-0.39, 0.29) is 24.1 Å². The van der Waals surface area contributed by atoms with Crippen molar-refractivity contribution in [1.82, 2.24) is 0 Å². The van der Waals surface area contributed by atoms with Crippen molar-refractivity contribution in [3.8, 4) is 5.75 Å². The fourth-order valence-electron chi connectivity index (χ4n) is 3.37. The lowest BCUT2D eigenvalue weighted by Crippen LogP contribution is -2.44. The monoisotopic (exact) mass is 346 g/mol. The van der Waals surface area contributed by atoms with E-state index in [4.69, 9.17) is 5.73 Å². The van der Waals surface area contributed by atoms with Gasteiger partial charge < -0.3 is 15.7 Å². The molecule has 0 saturated heterocycles. The molecule has 0 aromatic heterocycles. The number of hydrogen-bond donors (Lipinski definition) is 2. The number of benzene rings is 2. The molecule has 1 amide bonds. The van der Waals surface area contributed by atoms with Crippen molar-refractivity contribution in [3.05, 3.63) is 58.7 Å². The first-order valence-corrected chi connectivity index (χ1v) is 7.91. The fraction of sp³-hybridized carbons (Fsp3) is 0.316. The van der Waals surface area contributed by atoms with E-state index in [1.807, 2.05) is 32.0 Å². The number of aryl methyl sites for hydroxylation is 2. The largest absolute Gasteiger partial charge is 0.508 e. The minimum Gasteiger partial charge on any atom is -0.508 e. The molecular formula is C19H23ClN2O2. The number of halogens is 1. The standard InChI is InChI=1S/C19H22N2O2.ClH/c1-12-9-15(22)10-13(2)16(12)11-17(20)19(23)21-8-7-14-5-3-4-6-18(14)21;/h3-6,9-10,17,22H,7-8,11,20H2,1-2H3;1H/t17-;/m0./s1. The van der Waals surface area contributed by atoms with E-state index in [9.17, 15) is 9.90 Å². The van der Waals surface area contributed by atoms with Crippen LogP contribution in [0.2, 0.25) is 0 Å². The maximum atomic E-state index is 12.8. The number of carbonyl (C=O) groups excluding carboxylic acids is 1. The number of phenols is 1. The van der Waals surface area contributed by atoms with Crippen LogP contribution in [0.25, 0.3) is 0 Å². The molecule has 0 spiro atoms. The minimum atomic E-state index is -0.580. The Kier molecular flexibility index (Phi) is 5.52. The summed E-state index contributed by atoms with van der Waals surface area (Å²) in [5.74, 6) is 0.207. The van der Waals surface area contributed by atoms with Crippen LogP contribution >= 0.6 is 12.4 Å². The van der Waals surface area contributed by atoms with Crippen molar-refractivity contribution in [2.45, 2.75) is 32.7 Å². The van der Waals surface area contributed by atoms with Crippen LogP contribution in [0, 0.1) is 13.8 Å². The maximum Gasteiger partial charge on any atom is 0.244 e. The Morgan fingerprint density at radius 1 is 1.25 bits per heavy atom. The van der Waals surface area contributed by atoms with Crippen molar-refractivity contribution < 1.29 is 9.90 Å². The zero-order valence-corrected chi connectivity index (χ0v) is 14.8. The number of anilines is 1. The Morgan fingerprint density at radius 2 is 1.88 bits per heavy atom. The van der Waals surface area contributed by atoms with Crippen LogP contribution in [0.3, 0.4) is 0 Å². The molecule has 24 heavy (non-hydrogen) atoms. The van der Waals surface area contributed by atoms with Gasteiger partial charge in [-0.25, -0.2) is 0 Å². The van der Waals surface area contributed by atoms with Gasteiger partial charge >= 0.3 is 0 Å². The van der Waals surface area contributed by atoms with Gasteiger partial charge in [0.05, 0.1) is 6.04 Å². The molecule has 0 aliphatic carbocycles. The summed E-state index contributed by atoms with van der Waals surface area (Å²) >= 11 is 0. The zero-order valence-electron chi connectivity index (χ0n) is 14.0. The number of hydrogen-bond acceptors (Lipinski definition) is 3. The highest BCUT2D eigenvalue weighted by molar-refractivity contribution is 5.99. The summed E-state index contributed by atoms with van der Waals surface area (Å²) in [6, 6.07) is 10.8. The van der Waals surface area contributed by atoms with E-state index in [1.165, 1.54) is 5.56 Å². The Labute approximate surface area is 148 Å². The number of nitrogens with zero attached hydrogens (tertiary/aromatic N) is 1. The van der Waals surface area contributed by atoms with Crippen molar-refractivity contribution in [2.75, 3.05) is 11.4 Å². The van der Waals surface area contributed by atoms with E-state index >= 15 is 0 Å². The Hall–Kier alpha value is -2.04. The lowest BCUT2D eigenvalue weighted by Gasteiger charge is -2.22. The van der Waals surface area contributed by atoms with Crippen LogP contribution in [0.5, 0.6) is 5.75 Å². The molecule has 2 aromatic carbocycles. The molecule has 0 radical (unpaired) electrons. The average Bonchev–Trinajstić information content (AvgIpc) is 2.93. The third-order valence-corrected chi connectivity index (χ3v) is 4.58. The van der Waals surface area contributed by atoms with Gasteiger partial charge in [-0.05, 0) is 67.1 Å². The topological polar surface area (TPSA) is 66.6 Å². The molecule has 0 unspecified atom stereocenters. The number of nitrogens with two attached hydrogens (primary N) is 1. The third kappa shape index (κ3) is 3.40. The van der Waals surface area contributed by atoms with Crippen LogP contribution in [-0.2, 0) is 17.6 Å². The molecule has 0 saturated carbocycles. The molecule has 4 nitrogen and oxygen atoms in total. The first kappa shape index (κ1) is 18.3. The van der Waals surface area contributed by atoms with E-state index in [1.54, 1.807) is 17.0 Å². The van der Waals surface area contributed by atoms with E-state index in [0.717, 1.165) is 28.8 Å². The summed E-state index contributed by atoms with van der Waals surface area (Å²) < 4.78 is 0. The second kappa shape index (κ2) is 7.24. The quantitative estimate of drug-likeness (QED) is 0.898.